The average Bonchev–Trinajstić information content (AvgIpc) is 2.91. The molecule has 0 spiro atoms. The number of hydrogen-bond donors (Lipinski definition) is 3. The van der Waals surface area contributed by atoms with E-state index in [1.165, 1.54) is 0 Å². The largest absolute Gasteiger partial charge is 0.338 e. The Morgan fingerprint density at radius 2 is 1.82 bits per heavy atom. The minimum Gasteiger partial charge on any atom is -0.338 e. The highest BCUT2D eigenvalue weighted by atomic mass is 16.2. The molecular formula is C17H18N4O. The standard InChI is InChI=1S/C17H18N4O/c1-11(2)18-17(22)19-13-9-7-12(8-10-13)16-20-14-5-3-4-6-15(14)21-16/h3-11H,1-2H3,(H,20,21)(H2,18,19,22). The number of H-pyrrole nitrogens is 1. The van der Waals surface area contributed by atoms with Crippen LogP contribution in [0.2, 0.25) is 0 Å². The minimum absolute atomic E-state index is 0.106. The first-order valence-corrected chi connectivity index (χ1v) is 7.24. The van der Waals surface area contributed by atoms with E-state index in [-0.39, 0.29) is 12.1 Å². The van der Waals surface area contributed by atoms with Gasteiger partial charge in [0.25, 0.3) is 0 Å². The van der Waals surface area contributed by atoms with Gasteiger partial charge >= 0.3 is 6.03 Å². The second kappa shape index (κ2) is 5.89. The van der Waals surface area contributed by atoms with Crippen molar-refractivity contribution in [3.8, 4) is 11.4 Å². The van der Waals surface area contributed by atoms with Gasteiger partial charge in [-0.2, -0.15) is 0 Å². The van der Waals surface area contributed by atoms with Crippen molar-refractivity contribution in [2.24, 2.45) is 0 Å². The van der Waals surface area contributed by atoms with Crippen LogP contribution in [-0.4, -0.2) is 22.0 Å². The number of hydrogen-bond acceptors (Lipinski definition) is 2. The van der Waals surface area contributed by atoms with Crippen molar-refractivity contribution in [3.63, 3.8) is 0 Å². The van der Waals surface area contributed by atoms with Crippen LogP contribution in [0.15, 0.2) is 48.5 Å². The highest BCUT2D eigenvalue weighted by Gasteiger charge is 2.06. The molecule has 3 rings (SSSR count). The summed E-state index contributed by atoms with van der Waals surface area (Å²) < 4.78 is 0. The van der Waals surface area contributed by atoms with Crippen LogP contribution in [0.4, 0.5) is 10.5 Å². The van der Waals surface area contributed by atoms with Crippen molar-refractivity contribution < 1.29 is 4.79 Å². The highest BCUT2D eigenvalue weighted by molar-refractivity contribution is 5.89. The van der Waals surface area contributed by atoms with Crippen LogP contribution in [0, 0.1) is 0 Å². The molecule has 112 valence electrons. The molecule has 0 radical (unpaired) electrons. The molecule has 5 nitrogen and oxygen atoms in total. The maximum absolute atomic E-state index is 11.7. The fourth-order valence-electron chi connectivity index (χ4n) is 2.23. The van der Waals surface area contributed by atoms with Gasteiger partial charge in [0, 0.05) is 17.3 Å². The summed E-state index contributed by atoms with van der Waals surface area (Å²) in [6.45, 7) is 3.84. The summed E-state index contributed by atoms with van der Waals surface area (Å²) in [4.78, 5) is 19.5. The third-order valence-corrected chi connectivity index (χ3v) is 3.23. The Kier molecular flexibility index (Phi) is 3.78. The number of benzene rings is 2. The molecule has 5 heteroatoms. The molecule has 0 saturated carbocycles. The quantitative estimate of drug-likeness (QED) is 0.688. The predicted octanol–water partition coefficient (Wildman–Crippen LogP) is 3.76. The van der Waals surface area contributed by atoms with Gasteiger partial charge < -0.3 is 15.6 Å². The molecule has 1 aromatic heterocycles. The summed E-state index contributed by atoms with van der Waals surface area (Å²) in [5.74, 6) is 0.819. The zero-order chi connectivity index (χ0) is 15.5. The topological polar surface area (TPSA) is 69.8 Å². The van der Waals surface area contributed by atoms with Crippen LogP contribution in [-0.2, 0) is 0 Å². The third kappa shape index (κ3) is 3.09. The highest BCUT2D eigenvalue weighted by Crippen LogP contribution is 2.21. The van der Waals surface area contributed by atoms with Gasteiger partial charge in [-0.25, -0.2) is 9.78 Å². The summed E-state index contributed by atoms with van der Waals surface area (Å²) in [6, 6.07) is 15.4. The van der Waals surface area contributed by atoms with E-state index < -0.39 is 0 Å². The van der Waals surface area contributed by atoms with Gasteiger partial charge in [0.05, 0.1) is 11.0 Å². The number of carbonyl (C=O) groups is 1. The van der Waals surface area contributed by atoms with Crippen molar-refractivity contribution in [2.45, 2.75) is 19.9 Å². The van der Waals surface area contributed by atoms with Gasteiger partial charge in [-0.3, -0.25) is 0 Å². The van der Waals surface area contributed by atoms with E-state index in [2.05, 4.69) is 20.6 Å². The molecule has 0 aliphatic rings. The number of imidazole rings is 1. The lowest BCUT2D eigenvalue weighted by molar-refractivity contribution is 0.250. The molecule has 0 unspecified atom stereocenters. The second-order valence-electron chi connectivity index (χ2n) is 5.43. The fraction of sp³-hybridized carbons (Fsp3) is 0.176. The molecule has 22 heavy (non-hydrogen) atoms. The third-order valence-electron chi connectivity index (χ3n) is 3.23. The van der Waals surface area contributed by atoms with E-state index in [1.807, 2.05) is 62.4 Å². The maximum atomic E-state index is 11.7. The molecule has 0 aliphatic heterocycles. The summed E-state index contributed by atoms with van der Waals surface area (Å²) in [5, 5.41) is 5.58. The normalized spacial score (nSPS) is 10.9. The number of aromatic amines is 1. The Labute approximate surface area is 128 Å². The SMILES string of the molecule is CC(C)NC(=O)Nc1ccc(-c2nc3ccccc3[nH]2)cc1. The number of nitrogens with zero attached hydrogens (tertiary/aromatic N) is 1. The summed E-state index contributed by atoms with van der Waals surface area (Å²) >= 11 is 0. The molecule has 2 aromatic carbocycles. The Morgan fingerprint density at radius 1 is 1.09 bits per heavy atom. The van der Waals surface area contributed by atoms with Crippen LogP contribution in [0.25, 0.3) is 22.4 Å². The lowest BCUT2D eigenvalue weighted by Crippen LogP contribution is -2.34. The minimum atomic E-state index is -0.202. The van der Waals surface area contributed by atoms with Crippen LogP contribution in [0.5, 0.6) is 0 Å². The molecular weight excluding hydrogens is 276 g/mol. The van der Waals surface area contributed by atoms with Crippen molar-refractivity contribution in [3.05, 3.63) is 48.5 Å². The van der Waals surface area contributed by atoms with Crippen LogP contribution >= 0.6 is 0 Å². The molecule has 0 bridgehead atoms. The number of rotatable bonds is 3. The number of fused-ring (bicyclic) bond motifs is 1. The maximum Gasteiger partial charge on any atom is 0.319 e. The number of para-hydroxylation sites is 2. The lowest BCUT2D eigenvalue weighted by Gasteiger charge is -2.10. The molecule has 0 saturated heterocycles. The summed E-state index contributed by atoms with van der Waals surface area (Å²) in [7, 11) is 0. The Balaban J connectivity index is 1.77. The molecule has 2 amide bonds. The van der Waals surface area contributed by atoms with Gasteiger partial charge in [-0.1, -0.05) is 12.1 Å². The van der Waals surface area contributed by atoms with E-state index >= 15 is 0 Å². The van der Waals surface area contributed by atoms with E-state index in [9.17, 15) is 4.79 Å². The number of urea groups is 1. The molecule has 3 aromatic rings. The first kappa shape index (κ1) is 14.1. The van der Waals surface area contributed by atoms with Crippen LogP contribution < -0.4 is 10.6 Å². The lowest BCUT2D eigenvalue weighted by atomic mass is 10.2. The number of aromatic nitrogens is 2. The number of carbonyl (C=O) groups excluding carboxylic acids is 1. The number of anilines is 1. The van der Waals surface area contributed by atoms with Crippen molar-refractivity contribution >= 4 is 22.8 Å². The first-order valence-electron chi connectivity index (χ1n) is 7.24. The predicted molar refractivity (Wildman–Crippen MR) is 88.8 cm³/mol. The van der Waals surface area contributed by atoms with Gasteiger partial charge in [0.1, 0.15) is 5.82 Å². The smallest absolute Gasteiger partial charge is 0.319 e. The number of nitrogens with one attached hydrogen (secondary N) is 3. The Bertz CT molecular complexity index is 757. The van der Waals surface area contributed by atoms with Gasteiger partial charge in [0.2, 0.25) is 0 Å². The summed E-state index contributed by atoms with van der Waals surface area (Å²) in [5.41, 5.74) is 3.68. The molecule has 0 aliphatic carbocycles. The van der Waals surface area contributed by atoms with E-state index in [4.69, 9.17) is 0 Å². The van der Waals surface area contributed by atoms with Crippen molar-refractivity contribution in [1.82, 2.24) is 15.3 Å². The van der Waals surface area contributed by atoms with Crippen molar-refractivity contribution in [1.29, 1.82) is 0 Å². The fourth-order valence-corrected chi connectivity index (χ4v) is 2.23. The van der Waals surface area contributed by atoms with Gasteiger partial charge in [0.15, 0.2) is 0 Å². The zero-order valence-electron chi connectivity index (χ0n) is 12.6. The molecule has 3 N–H and O–H groups in total. The van der Waals surface area contributed by atoms with Crippen LogP contribution in [0.1, 0.15) is 13.8 Å². The first-order chi connectivity index (χ1) is 10.6. The van der Waals surface area contributed by atoms with E-state index in [0.717, 1.165) is 28.1 Å². The van der Waals surface area contributed by atoms with Crippen LogP contribution in [0.3, 0.4) is 0 Å². The molecule has 0 fully saturated rings. The Hall–Kier alpha value is -2.82. The van der Waals surface area contributed by atoms with E-state index in [1.54, 1.807) is 0 Å². The average molecular weight is 294 g/mol. The number of amides is 2. The van der Waals surface area contributed by atoms with Gasteiger partial charge in [-0.15, -0.1) is 0 Å². The van der Waals surface area contributed by atoms with Gasteiger partial charge in [-0.05, 0) is 50.2 Å². The summed E-state index contributed by atoms with van der Waals surface area (Å²) in [6.07, 6.45) is 0. The molecule has 0 atom stereocenters. The molecule has 1 heterocycles. The Morgan fingerprint density at radius 3 is 2.50 bits per heavy atom. The zero-order valence-corrected chi connectivity index (χ0v) is 12.6. The van der Waals surface area contributed by atoms with Crippen molar-refractivity contribution in [2.75, 3.05) is 5.32 Å². The van der Waals surface area contributed by atoms with E-state index in [0.29, 0.717) is 0 Å². The monoisotopic (exact) mass is 294 g/mol. The second-order valence-corrected chi connectivity index (χ2v) is 5.43.